The number of thiophene rings is 1. The summed E-state index contributed by atoms with van der Waals surface area (Å²) in [6.07, 6.45) is 0.895. The van der Waals surface area contributed by atoms with E-state index < -0.39 is 0 Å². The molecule has 2 aromatic rings. The molecule has 19 heavy (non-hydrogen) atoms. The number of halogens is 1. The van der Waals surface area contributed by atoms with Crippen LogP contribution in [0.15, 0.2) is 45.6 Å². The van der Waals surface area contributed by atoms with E-state index in [2.05, 4.69) is 28.1 Å². The van der Waals surface area contributed by atoms with Crippen molar-refractivity contribution in [2.24, 2.45) is 0 Å². The average molecular weight is 338 g/mol. The highest BCUT2D eigenvalue weighted by Crippen LogP contribution is 2.21. The zero-order valence-corrected chi connectivity index (χ0v) is 13.2. The number of benzene rings is 1. The molecule has 0 bridgehead atoms. The molecule has 0 fully saturated rings. The van der Waals surface area contributed by atoms with Gasteiger partial charge in [0.15, 0.2) is 0 Å². The van der Waals surface area contributed by atoms with Crippen LogP contribution in [0, 0.1) is 0 Å². The monoisotopic (exact) mass is 337 g/mol. The van der Waals surface area contributed by atoms with E-state index in [1.807, 2.05) is 41.5 Å². The molecule has 1 amide bonds. The first-order valence-electron chi connectivity index (χ1n) is 6.28. The van der Waals surface area contributed by atoms with E-state index in [4.69, 9.17) is 0 Å². The second kappa shape index (κ2) is 6.87. The lowest BCUT2D eigenvalue weighted by Gasteiger charge is -2.20. The van der Waals surface area contributed by atoms with Crippen LogP contribution in [0.3, 0.4) is 0 Å². The Morgan fingerprint density at radius 2 is 2.05 bits per heavy atom. The van der Waals surface area contributed by atoms with E-state index in [1.54, 1.807) is 11.3 Å². The lowest BCUT2D eigenvalue weighted by atomic mass is 10.1. The molecule has 100 valence electrons. The highest BCUT2D eigenvalue weighted by Gasteiger charge is 2.15. The third-order valence-corrected chi connectivity index (χ3v) is 4.50. The van der Waals surface area contributed by atoms with Gasteiger partial charge in [0.2, 0.25) is 0 Å². The van der Waals surface area contributed by atoms with Gasteiger partial charge in [-0.2, -0.15) is 0 Å². The fourth-order valence-electron chi connectivity index (χ4n) is 1.92. The number of carbonyl (C=O) groups is 1. The lowest BCUT2D eigenvalue weighted by Crippen LogP contribution is -2.32. The molecule has 1 aromatic carbocycles. The van der Waals surface area contributed by atoms with E-state index in [-0.39, 0.29) is 5.91 Å². The number of nitrogens with zero attached hydrogens (tertiary/aromatic N) is 1. The van der Waals surface area contributed by atoms with Gasteiger partial charge < -0.3 is 4.90 Å². The summed E-state index contributed by atoms with van der Waals surface area (Å²) >= 11 is 4.94. The Hall–Kier alpha value is -1.13. The van der Waals surface area contributed by atoms with Crippen molar-refractivity contribution in [3.63, 3.8) is 0 Å². The first kappa shape index (κ1) is 14.3. The molecule has 0 spiro atoms. The third kappa shape index (κ3) is 3.91. The molecule has 0 saturated carbocycles. The highest BCUT2D eigenvalue weighted by molar-refractivity contribution is 9.11. The Labute approximate surface area is 126 Å². The number of rotatable bonds is 5. The molecule has 2 rings (SSSR count). The molecule has 0 atom stereocenters. The molecule has 0 aliphatic carbocycles. The van der Waals surface area contributed by atoms with Gasteiger partial charge in [0.05, 0.1) is 9.35 Å². The zero-order chi connectivity index (χ0) is 13.7. The summed E-state index contributed by atoms with van der Waals surface area (Å²) in [7, 11) is 0. The number of hydrogen-bond donors (Lipinski definition) is 0. The van der Waals surface area contributed by atoms with Crippen LogP contribution in [0.25, 0.3) is 0 Å². The number of hydrogen-bond acceptors (Lipinski definition) is 2. The Balaban J connectivity index is 1.98. The predicted molar refractivity (Wildman–Crippen MR) is 83.7 cm³/mol. The van der Waals surface area contributed by atoms with Crippen molar-refractivity contribution in [3.8, 4) is 0 Å². The maximum atomic E-state index is 12.3. The lowest BCUT2D eigenvalue weighted by molar-refractivity contribution is 0.0766. The van der Waals surface area contributed by atoms with Gasteiger partial charge in [0, 0.05) is 18.5 Å². The normalized spacial score (nSPS) is 10.4. The number of amides is 1. The second-order valence-corrected chi connectivity index (χ2v) is 6.55. The SMILES string of the molecule is CCN(CCc1ccccc1)C(=O)c1csc(Br)c1. The number of carbonyl (C=O) groups excluding carboxylic acids is 1. The van der Waals surface area contributed by atoms with Crippen LogP contribution in [0.2, 0.25) is 0 Å². The van der Waals surface area contributed by atoms with Crippen molar-refractivity contribution >= 4 is 33.2 Å². The molecule has 0 unspecified atom stereocenters. The summed E-state index contributed by atoms with van der Waals surface area (Å²) in [4.78, 5) is 14.2. The first-order valence-corrected chi connectivity index (χ1v) is 7.95. The molecular weight excluding hydrogens is 322 g/mol. The van der Waals surface area contributed by atoms with Crippen LogP contribution in [0.5, 0.6) is 0 Å². The van der Waals surface area contributed by atoms with Crippen LogP contribution in [-0.4, -0.2) is 23.9 Å². The second-order valence-electron chi connectivity index (χ2n) is 4.26. The minimum atomic E-state index is 0.111. The maximum absolute atomic E-state index is 12.3. The Bertz CT molecular complexity index is 538. The molecule has 0 aliphatic heterocycles. The minimum Gasteiger partial charge on any atom is -0.339 e. The first-order chi connectivity index (χ1) is 9.20. The van der Waals surface area contributed by atoms with Crippen molar-refractivity contribution in [2.45, 2.75) is 13.3 Å². The average Bonchev–Trinajstić information content (AvgIpc) is 2.87. The summed E-state index contributed by atoms with van der Waals surface area (Å²) in [6.45, 7) is 3.51. The third-order valence-electron chi connectivity index (χ3n) is 3.00. The summed E-state index contributed by atoms with van der Waals surface area (Å²) in [5.41, 5.74) is 2.03. The maximum Gasteiger partial charge on any atom is 0.254 e. The molecule has 1 heterocycles. The largest absolute Gasteiger partial charge is 0.339 e. The van der Waals surface area contributed by atoms with Gasteiger partial charge in [-0.1, -0.05) is 30.3 Å². The minimum absolute atomic E-state index is 0.111. The van der Waals surface area contributed by atoms with E-state index in [0.717, 1.165) is 28.9 Å². The topological polar surface area (TPSA) is 20.3 Å². The molecule has 4 heteroatoms. The molecular formula is C15H16BrNOS. The molecule has 1 aromatic heterocycles. The summed E-state index contributed by atoms with van der Waals surface area (Å²) in [5.74, 6) is 0.111. The predicted octanol–water partition coefficient (Wildman–Crippen LogP) is 4.22. The number of likely N-dealkylation sites (N-methyl/N-ethyl adjacent to an activating group) is 1. The smallest absolute Gasteiger partial charge is 0.254 e. The van der Waals surface area contributed by atoms with Gasteiger partial charge in [-0.15, -0.1) is 11.3 Å². The van der Waals surface area contributed by atoms with E-state index in [0.29, 0.717) is 0 Å². The zero-order valence-electron chi connectivity index (χ0n) is 10.8. The van der Waals surface area contributed by atoms with Crippen LogP contribution < -0.4 is 0 Å². The fraction of sp³-hybridized carbons (Fsp3) is 0.267. The van der Waals surface area contributed by atoms with Crippen molar-refractivity contribution in [2.75, 3.05) is 13.1 Å². The van der Waals surface area contributed by atoms with Gasteiger partial charge in [-0.3, -0.25) is 4.79 Å². The van der Waals surface area contributed by atoms with E-state index >= 15 is 0 Å². The summed E-state index contributed by atoms with van der Waals surface area (Å²) in [6, 6.07) is 12.2. The van der Waals surface area contributed by atoms with Gasteiger partial charge in [0.25, 0.3) is 5.91 Å². The van der Waals surface area contributed by atoms with Gasteiger partial charge in [-0.25, -0.2) is 0 Å². The highest BCUT2D eigenvalue weighted by atomic mass is 79.9. The van der Waals surface area contributed by atoms with Crippen LogP contribution in [0.1, 0.15) is 22.8 Å². The van der Waals surface area contributed by atoms with E-state index in [1.165, 1.54) is 5.56 Å². The Morgan fingerprint density at radius 1 is 1.32 bits per heavy atom. The van der Waals surface area contributed by atoms with Gasteiger partial charge >= 0.3 is 0 Å². The van der Waals surface area contributed by atoms with Gasteiger partial charge in [0.1, 0.15) is 0 Å². The molecule has 0 aliphatic rings. The molecule has 0 saturated heterocycles. The van der Waals surface area contributed by atoms with Crippen molar-refractivity contribution in [1.29, 1.82) is 0 Å². The summed E-state index contributed by atoms with van der Waals surface area (Å²) in [5, 5.41) is 1.90. The molecule has 0 radical (unpaired) electrons. The summed E-state index contributed by atoms with van der Waals surface area (Å²) < 4.78 is 0.995. The molecule has 2 nitrogen and oxygen atoms in total. The van der Waals surface area contributed by atoms with Crippen LogP contribution in [-0.2, 0) is 6.42 Å². The van der Waals surface area contributed by atoms with Crippen molar-refractivity contribution in [1.82, 2.24) is 4.90 Å². The van der Waals surface area contributed by atoms with Crippen molar-refractivity contribution in [3.05, 3.63) is 56.7 Å². The van der Waals surface area contributed by atoms with Crippen LogP contribution in [0.4, 0.5) is 0 Å². The standard InChI is InChI=1S/C15H16BrNOS/c1-2-17(9-8-12-6-4-3-5-7-12)15(18)13-10-14(16)19-11-13/h3-7,10-11H,2,8-9H2,1H3. The van der Waals surface area contributed by atoms with E-state index in [9.17, 15) is 4.79 Å². The van der Waals surface area contributed by atoms with Crippen molar-refractivity contribution < 1.29 is 4.79 Å². The van der Waals surface area contributed by atoms with Crippen LogP contribution >= 0.6 is 27.3 Å². The fourth-order valence-corrected chi connectivity index (χ4v) is 3.05. The Kier molecular flexibility index (Phi) is 5.16. The Morgan fingerprint density at radius 3 is 2.63 bits per heavy atom. The quantitative estimate of drug-likeness (QED) is 0.799. The van der Waals surface area contributed by atoms with Gasteiger partial charge in [-0.05, 0) is 40.9 Å². The molecule has 0 N–H and O–H groups in total.